The minimum absolute atomic E-state index is 0.0714. The quantitative estimate of drug-likeness (QED) is 0.670. The van der Waals surface area contributed by atoms with E-state index in [4.69, 9.17) is 16.3 Å². The van der Waals surface area contributed by atoms with Crippen molar-refractivity contribution >= 4 is 17.3 Å². The van der Waals surface area contributed by atoms with Crippen LogP contribution in [0.15, 0.2) is 18.2 Å². The molecule has 0 unspecified atom stereocenters. The van der Waals surface area contributed by atoms with E-state index in [0.717, 1.165) is 32.6 Å². The van der Waals surface area contributed by atoms with Gasteiger partial charge in [-0.2, -0.15) is 0 Å². The van der Waals surface area contributed by atoms with Crippen LogP contribution in [-0.4, -0.2) is 24.7 Å². The first-order valence-electron chi connectivity index (χ1n) is 6.71. The summed E-state index contributed by atoms with van der Waals surface area (Å²) >= 11 is 5.80. The number of ether oxygens (including phenoxy) is 1. The molecule has 1 N–H and O–H groups in total. The molecule has 0 bridgehead atoms. The number of halogens is 1. The van der Waals surface area contributed by atoms with E-state index >= 15 is 0 Å². The molecule has 0 aromatic heterocycles. The van der Waals surface area contributed by atoms with Crippen LogP contribution in [0.1, 0.15) is 25.3 Å². The summed E-state index contributed by atoms with van der Waals surface area (Å²) in [6.07, 6.45) is 2.03. The molecule has 0 radical (unpaired) electrons. The Bertz CT molecular complexity index is 487. The van der Waals surface area contributed by atoms with Gasteiger partial charge in [0.1, 0.15) is 0 Å². The molecule has 0 saturated carbocycles. The zero-order valence-electron chi connectivity index (χ0n) is 11.5. The molecule has 2 rings (SSSR count). The standard InChI is InChI=1S/C14H19ClN2O3/c1-14(4-6-20-7-5-14)10-16-9-11-2-3-12(15)8-13(11)17(18)19/h2-3,8,16H,4-7,9-10H2,1H3. The van der Waals surface area contributed by atoms with Gasteiger partial charge in [0, 0.05) is 43.0 Å². The maximum absolute atomic E-state index is 11.0. The highest BCUT2D eigenvalue weighted by Crippen LogP contribution is 2.29. The molecule has 1 aromatic carbocycles. The summed E-state index contributed by atoms with van der Waals surface area (Å²) < 4.78 is 5.36. The molecular formula is C14H19ClN2O3. The lowest BCUT2D eigenvalue weighted by atomic mass is 9.82. The molecule has 1 aliphatic heterocycles. The van der Waals surface area contributed by atoms with Crippen LogP contribution in [0.25, 0.3) is 0 Å². The third-order valence-corrected chi connectivity index (χ3v) is 4.05. The summed E-state index contributed by atoms with van der Waals surface area (Å²) in [7, 11) is 0. The van der Waals surface area contributed by atoms with Crippen LogP contribution in [0, 0.1) is 15.5 Å². The van der Waals surface area contributed by atoms with Gasteiger partial charge in [-0.1, -0.05) is 18.5 Å². The predicted molar refractivity (Wildman–Crippen MR) is 78.0 cm³/mol. The van der Waals surface area contributed by atoms with Crippen molar-refractivity contribution in [3.05, 3.63) is 38.9 Å². The van der Waals surface area contributed by atoms with Crippen molar-refractivity contribution in [2.75, 3.05) is 19.8 Å². The van der Waals surface area contributed by atoms with Crippen LogP contribution < -0.4 is 5.32 Å². The highest BCUT2D eigenvalue weighted by atomic mass is 35.5. The number of benzene rings is 1. The first kappa shape index (κ1) is 15.2. The number of hydrogen-bond donors (Lipinski definition) is 1. The zero-order valence-corrected chi connectivity index (χ0v) is 12.3. The topological polar surface area (TPSA) is 64.4 Å². The highest BCUT2D eigenvalue weighted by Gasteiger charge is 2.27. The number of nitro groups is 1. The summed E-state index contributed by atoms with van der Waals surface area (Å²) in [5, 5.41) is 14.7. The maximum Gasteiger partial charge on any atom is 0.275 e. The first-order chi connectivity index (χ1) is 9.50. The second-order valence-corrected chi connectivity index (χ2v) is 5.99. The second-order valence-electron chi connectivity index (χ2n) is 5.56. The zero-order chi connectivity index (χ0) is 14.6. The van der Waals surface area contributed by atoms with Crippen molar-refractivity contribution in [3.63, 3.8) is 0 Å². The number of nitro benzene ring substituents is 1. The molecule has 1 fully saturated rings. The van der Waals surface area contributed by atoms with Gasteiger partial charge in [0.15, 0.2) is 0 Å². The van der Waals surface area contributed by atoms with E-state index in [0.29, 0.717) is 17.1 Å². The fourth-order valence-corrected chi connectivity index (χ4v) is 2.56. The maximum atomic E-state index is 11.0. The molecule has 110 valence electrons. The first-order valence-corrected chi connectivity index (χ1v) is 7.09. The fraction of sp³-hybridized carbons (Fsp3) is 0.571. The lowest BCUT2D eigenvalue weighted by Gasteiger charge is -2.33. The minimum atomic E-state index is -0.390. The third-order valence-electron chi connectivity index (χ3n) is 3.81. The van der Waals surface area contributed by atoms with Gasteiger partial charge in [-0.25, -0.2) is 0 Å². The molecule has 0 spiro atoms. The van der Waals surface area contributed by atoms with Gasteiger partial charge in [-0.05, 0) is 30.4 Å². The Morgan fingerprint density at radius 2 is 2.15 bits per heavy atom. The van der Waals surface area contributed by atoms with Crippen LogP contribution >= 0.6 is 11.6 Å². The van der Waals surface area contributed by atoms with Gasteiger partial charge < -0.3 is 10.1 Å². The Morgan fingerprint density at radius 1 is 1.45 bits per heavy atom. The van der Waals surface area contributed by atoms with Gasteiger partial charge in [0.25, 0.3) is 5.69 Å². The van der Waals surface area contributed by atoms with E-state index in [1.165, 1.54) is 6.07 Å². The molecule has 0 aliphatic carbocycles. The van der Waals surface area contributed by atoms with Crippen molar-refractivity contribution in [3.8, 4) is 0 Å². The van der Waals surface area contributed by atoms with Crippen LogP contribution in [0.5, 0.6) is 0 Å². The summed E-state index contributed by atoms with van der Waals surface area (Å²) in [6.45, 7) is 5.11. The molecule has 1 saturated heterocycles. The molecule has 20 heavy (non-hydrogen) atoms. The van der Waals surface area contributed by atoms with Gasteiger partial charge in [0.05, 0.1) is 4.92 Å². The van der Waals surface area contributed by atoms with Gasteiger partial charge >= 0.3 is 0 Å². The Labute approximate surface area is 123 Å². The van der Waals surface area contributed by atoms with Gasteiger partial charge in [0.2, 0.25) is 0 Å². The number of nitrogens with one attached hydrogen (secondary N) is 1. The Balaban J connectivity index is 1.95. The summed E-state index contributed by atoms with van der Waals surface area (Å²) in [5.41, 5.74) is 0.941. The van der Waals surface area contributed by atoms with E-state index in [2.05, 4.69) is 12.2 Å². The molecular weight excluding hydrogens is 280 g/mol. The van der Waals surface area contributed by atoms with Gasteiger partial charge in [-0.3, -0.25) is 10.1 Å². The largest absolute Gasteiger partial charge is 0.381 e. The van der Waals surface area contributed by atoms with E-state index < -0.39 is 0 Å². The minimum Gasteiger partial charge on any atom is -0.381 e. The average Bonchev–Trinajstić information content (AvgIpc) is 2.41. The lowest BCUT2D eigenvalue weighted by molar-refractivity contribution is -0.385. The van der Waals surface area contributed by atoms with Crippen molar-refractivity contribution < 1.29 is 9.66 Å². The fourth-order valence-electron chi connectivity index (χ4n) is 2.40. The molecule has 5 nitrogen and oxygen atoms in total. The normalized spacial score (nSPS) is 17.9. The Morgan fingerprint density at radius 3 is 2.80 bits per heavy atom. The van der Waals surface area contributed by atoms with E-state index in [1.54, 1.807) is 12.1 Å². The van der Waals surface area contributed by atoms with E-state index in [1.807, 2.05) is 0 Å². The van der Waals surface area contributed by atoms with Gasteiger partial charge in [-0.15, -0.1) is 0 Å². The van der Waals surface area contributed by atoms with Crippen molar-refractivity contribution in [2.24, 2.45) is 5.41 Å². The van der Waals surface area contributed by atoms with Crippen molar-refractivity contribution in [1.82, 2.24) is 5.32 Å². The molecule has 6 heteroatoms. The third kappa shape index (κ3) is 3.91. The second kappa shape index (κ2) is 6.52. The van der Waals surface area contributed by atoms with E-state index in [-0.39, 0.29) is 16.0 Å². The monoisotopic (exact) mass is 298 g/mol. The summed E-state index contributed by atoms with van der Waals surface area (Å²) in [6, 6.07) is 4.79. The smallest absolute Gasteiger partial charge is 0.275 e. The molecule has 0 amide bonds. The van der Waals surface area contributed by atoms with Crippen molar-refractivity contribution in [1.29, 1.82) is 0 Å². The SMILES string of the molecule is CC1(CNCc2ccc(Cl)cc2[N+](=O)[O-])CCOCC1. The summed E-state index contributed by atoms with van der Waals surface area (Å²) in [4.78, 5) is 10.6. The van der Waals surface area contributed by atoms with E-state index in [9.17, 15) is 10.1 Å². The highest BCUT2D eigenvalue weighted by molar-refractivity contribution is 6.30. The predicted octanol–water partition coefficient (Wildman–Crippen LogP) is 3.15. The number of rotatable bonds is 5. The Hall–Kier alpha value is -1.17. The van der Waals surface area contributed by atoms with Crippen LogP contribution in [0.4, 0.5) is 5.69 Å². The molecule has 1 heterocycles. The number of nitrogens with zero attached hydrogens (tertiary/aromatic N) is 1. The number of hydrogen-bond acceptors (Lipinski definition) is 4. The van der Waals surface area contributed by atoms with Crippen LogP contribution in [-0.2, 0) is 11.3 Å². The lowest BCUT2D eigenvalue weighted by Crippen LogP contribution is -2.36. The molecule has 0 atom stereocenters. The Kier molecular flexibility index (Phi) is 4.96. The van der Waals surface area contributed by atoms with Crippen molar-refractivity contribution in [2.45, 2.75) is 26.3 Å². The molecule has 1 aliphatic rings. The summed E-state index contributed by atoms with van der Waals surface area (Å²) in [5.74, 6) is 0. The van der Waals surface area contributed by atoms with Crippen LogP contribution in [0.2, 0.25) is 5.02 Å². The average molecular weight is 299 g/mol. The molecule has 1 aromatic rings. The van der Waals surface area contributed by atoms with Crippen LogP contribution in [0.3, 0.4) is 0 Å².